The van der Waals surface area contributed by atoms with E-state index in [1.54, 1.807) is 25.3 Å². The lowest BCUT2D eigenvalue weighted by molar-refractivity contribution is 0.0955. The van der Waals surface area contributed by atoms with E-state index in [2.05, 4.69) is 15.1 Å². The molecule has 1 atom stereocenters. The van der Waals surface area contributed by atoms with E-state index in [1.807, 2.05) is 58.0 Å². The van der Waals surface area contributed by atoms with E-state index in [0.717, 1.165) is 23.5 Å². The largest absolute Gasteiger partial charge is 0.493 e. The molecule has 0 aliphatic rings. The topological polar surface area (TPSA) is 64.8 Å². The predicted molar refractivity (Wildman–Crippen MR) is 129 cm³/mol. The Morgan fingerprint density at radius 3 is 2.56 bits per heavy atom. The molecule has 1 amide bonds. The van der Waals surface area contributed by atoms with Gasteiger partial charge in [0.2, 0.25) is 0 Å². The van der Waals surface area contributed by atoms with E-state index in [0.29, 0.717) is 27.6 Å². The van der Waals surface area contributed by atoms with Crippen molar-refractivity contribution in [1.29, 1.82) is 0 Å². The quantitative estimate of drug-likeness (QED) is 0.351. The van der Waals surface area contributed by atoms with Crippen molar-refractivity contribution in [3.63, 3.8) is 0 Å². The molecule has 0 bridgehead atoms. The summed E-state index contributed by atoms with van der Waals surface area (Å²) >= 11 is 6.39. The van der Waals surface area contributed by atoms with Crippen molar-refractivity contribution in [3.8, 4) is 17.2 Å². The van der Waals surface area contributed by atoms with Crippen molar-refractivity contribution < 1.29 is 14.3 Å². The van der Waals surface area contributed by atoms with Crippen LogP contribution in [-0.2, 0) is 0 Å². The van der Waals surface area contributed by atoms with Crippen molar-refractivity contribution >= 4 is 23.7 Å². The summed E-state index contributed by atoms with van der Waals surface area (Å²) in [5, 5.41) is 4.50. The number of carbonyl (C=O) groups excluding carboxylic acids is 1. The van der Waals surface area contributed by atoms with E-state index in [1.165, 1.54) is 6.21 Å². The fourth-order valence-corrected chi connectivity index (χ4v) is 3.57. The highest BCUT2D eigenvalue weighted by Crippen LogP contribution is 2.37. The Balaban J connectivity index is 1.74. The van der Waals surface area contributed by atoms with Crippen LogP contribution in [0, 0.1) is 13.8 Å². The van der Waals surface area contributed by atoms with Crippen LogP contribution in [0.25, 0.3) is 5.69 Å². The monoisotopic (exact) mass is 453 g/mol. The average Bonchev–Trinajstić information content (AvgIpc) is 3.12. The number of nitrogens with one attached hydrogen (secondary N) is 1. The summed E-state index contributed by atoms with van der Waals surface area (Å²) in [5.41, 5.74) is 6.89. The number of benzene rings is 2. The van der Waals surface area contributed by atoms with E-state index >= 15 is 0 Å². The fourth-order valence-electron chi connectivity index (χ4n) is 3.31. The number of carbonyl (C=O) groups is 1. The molecule has 7 heteroatoms. The maximum Gasteiger partial charge on any atom is 0.271 e. The van der Waals surface area contributed by atoms with Gasteiger partial charge in [0, 0.05) is 22.6 Å². The van der Waals surface area contributed by atoms with Gasteiger partial charge in [0.25, 0.3) is 5.91 Å². The smallest absolute Gasteiger partial charge is 0.271 e. The van der Waals surface area contributed by atoms with E-state index in [4.69, 9.17) is 21.1 Å². The molecular formula is C25H28ClN3O3. The molecule has 2 aromatic carbocycles. The number of aryl methyl sites for hydroxylation is 2. The van der Waals surface area contributed by atoms with Crippen LogP contribution >= 0.6 is 11.6 Å². The van der Waals surface area contributed by atoms with Gasteiger partial charge in [-0.3, -0.25) is 4.79 Å². The summed E-state index contributed by atoms with van der Waals surface area (Å²) in [6.45, 7) is 8.06. The maximum absolute atomic E-state index is 12.6. The van der Waals surface area contributed by atoms with Crippen LogP contribution in [0.15, 0.2) is 53.6 Å². The van der Waals surface area contributed by atoms with Gasteiger partial charge in [-0.25, -0.2) is 5.43 Å². The van der Waals surface area contributed by atoms with Crippen LogP contribution in [0.4, 0.5) is 0 Å². The van der Waals surface area contributed by atoms with Gasteiger partial charge in [-0.2, -0.15) is 5.10 Å². The number of amides is 1. The summed E-state index contributed by atoms with van der Waals surface area (Å²) in [6.07, 6.45) is 2.37. The molecule has 168 valence electrons. The maximum atomic E-state index is 12.6. The summed E-state index contributed by atoms with van der Waals surface area (Å²) in [5.74, 6) is 0.702. The number of halogens is 1. The molecule has 1 heterocycles. The highest BCUT2D eigenvalue weighted by Gasteiger charge is 2.14. The molecule has 0 saturated heterocycles. The number of ether oxygens (including phenoxy) is 2. The molecular weight excluding hydrogens is 426 g/mol. The molecule has 0 fully saturated rings. The van der Waals surface area contributed by atoms with Crippen molar-refractivity contribution in [3.05, 3.63) is 76.1 Å². The van der Waals surface area contributed by atoms with Gasteiger partial charge in [-0.15, -0.1) is 0 Å². The zero-order valence-electron chi connectivity index (χ0n) is 19.0. The second-order valence-corrected chi connectivity index (χ2v) is 7.98. The van der Waals surface area contributed by atoms with Crippen LogP contribution in [0.1, 0.15) is 47.6 Å². The highest BCUT2D eigenvalue weighted by atomic mass is 35.5. The Hall–Kier alpha value is -3.25. The molecule has 32 heavy (non-hydrogen) atoms. The third-order valence-electron chi connectivity index (χ3n) is 5.16. The van der Waals surface area contributed by atoms with E-state index in [-0.39, 0.29) is 12.0 Å². The molecule has 1 aromatic heterocycles. The molecule has 0 saturated carbocycles. The lowest BCUT2D eigenvalue weighted by Gasteiger charge is -2.17. The number of rotatable bonds is 8. The Labute approximate surface area is 193 Å². The van der Waals surface area contributed by atoms with Gasteiger partial charge in [0.1, 0.15) is 0 Å². The highest BCUT2D eigenvalue weighted by molar-refractivity contribution is 6.32. The van der Waals surface area contributed by atoms with Crippen LogP contribution in [0.2, 0.25) is 5.02 Å². The van der Waals surface area contributed by atoms with Crippen molar-refractivity contribution in [2.45, 2.75) is 40.2 Å². The first kappa shape index (κ1) is 23.4. The first-order chi connectivity index (χ1) is 15.3. The summed E-state index contributed by atoms with van der Waals surface area (Å²) in [4.78, 5) is 12.6. The number of methoxy groups -OCH3 is 1. The summed E-state index contributed by atoms with van der Waals surface area (Å²) < 4.78 is 13.4. The zero-order valence-corrected chi connectivity index (χ0v) is 19.7. The first-order valence-electron chi connectivity index (χ1n) is 10.5. The second-order valence-electron chi connectivity index (χ2n) is 7.57. The minimum Gasteiger partial charge on any atom is -0.493 e. The molecule has 0 aliphatic carbocycles. The standard InChI is InChI=1S/C25H28ClN3O3/c1-6-18(4)32-24-22(26)12-19(13-23(24)31-5)15-27-28-25(30)20-8-7-9-21(14-20)29-16(2)10-11-17(29)3/h7-15,18H,6H2,1-5H3,(H,28,30). The van der Waals surface area contributed by atoms with Crippen LogP contribution in [0.5, 0.6) is 11.5 Å². The average molecular weight is 454 g/mol. The Morgan fingerprint density at radius 2 is 1.91 bits per heavy atom. The first-order valence-corrected chi connectivity index (χ1v) is 10.8. The third-order valence-corrected chi connectivity index (χ3v) is 5.44. The van der Waals surface area contributed by atoms with E-state index in [9.17, 15) is 4.79 Å². The SMILES string of the molecule is CCC(C)Oc1c(Cl)cc(C=NNC(=O)c2cccc(-n3c(C)ccc3C)c2)cc1OC. The molecule has 1 N–H and O–H groups in total. The predicted octanol–water partition coefficient (Wildman–Crippen LogP) is 5.70. The van der Waals surface area contributed by atoms with Crippen LogP contribution < -0.4 is 14.9 Å². The molecule has 0 spiro atoms. The zero-order chi connectivity index (χ0) is 23.3. The van der Waals surface area contributed by atoms with Crippen LogP contribution in [0.3, 0.4) is 0 Å². The van der Waals surface area contributed by atoms with Crippen molar-refractivity contribution in [1.82, 2.24) is 9.99 Å². The number of hydrogen-bond acceptors (Lipinski definition) is 4. The third kappa shape index (κ3) is 5.32. The van der Waals surface area contributed by atoms with Gasteiger partial charge < -0.3 is 14.0 Å². The van der Waals surface area contributed by atoms with Crippen LogP contribution in [-0.4, -0.2) is 29.9 Å². The molecule has 1 unspecified atom stereocenters. The minimum atomic E-state index is -0.305. The molecule has 3 rings (SSSR count). The Morgan fingerprint density at radius 1 is 1.19 bits per heavy atom. The van der Waals surface area contributed by atoms with Gasteiger partial charge in [-0.05, 0) is 75.2 Å². The molecule has 6 nitrogen and oxygen atoms in total. The van der Waals surface area contributed by atoms with Crippen molar-refractivity contribution in [2.75, 3.05) is 7.11 Å². The lowest BCUT2D eigenvalue weighted by atomic mass is 10.2. The number of nitrogens with zero attached hydrogens (tertiary/aromatic N) is 2. The number of hydrazone groups is 1. The molecule has 0 radical (unpaired) electrons. The van der Waals surface area contributed by atoms with Gasteiger partial charge in [0.15, 0.2) is 11.5 Å². The summed E-state index contributed by atoms with van der Waals surface area (Å²) in [6, 6.07) is 15.0. The summed E-state index contributed by atoms with van der Waals surface area (Å²) in [7, 11) is 1.55. The fraction of sp³-hybridized carbons (Fsp3) is 0.280. The number of aromatic nitrogens is 1. The van der Waals surface area contributed by atoms with Gasteiger partial charge in [0.05, 0.1) is 24.5 Å². The molecule has 0 aliphatic heterocycles. The second kappa shape index (κ2) is 10.4. The lowest BCUT2D eigenvalue weighted by Crippen LogP contribution is -2.18. The van der Waals surface area contributed by atoms with Crippen molar-refractivity contribution in [2.24, 2.45) is 5.10 Å². The molecule has 3 aromatic rings. The van der Waals surface area contributed by atoms with Gasteiger partial charge in [-0.1, -0.05) is 24.6 Å². The van der Waals surface area contributed by atoms with Gasteiger partial charge >= 0.3 is 0 Å². The Kier molecular flexibility index (Phi) is 7.59. The number of hydrogen-bond donors (Lipinski definition) is 1. The van der Waals surface area contributed by atoms with E-state index < -0.39 is 0 Å². The normalized spacial score (nSPS) is 12.1. The minimum absolute atomic E-state index is 0.00934. The Bertz CT molecular complexity index is 1120.